The molecule has 0 aliphatic heterocycles. The van der Waals surface area contributed by atoms with Gasteiger partial charge in [0.25, 0.3) is 0 Å². The van der Waals surface area contributed by atoms with Crippen LogP contribution in [0.4, 0.5) is 0 Å². The van der Waals surface area contributed by atoms with Crippen LogP contribution in [-0.2, 0) is 0 Å². The number of hydrogen-bond donors (Lipinski definition) is 1. The van der Waals surface area contributed by atoms with Gasteiger partial charge < -0.3 is 15.4 Å². The highest BCUT2D eigenvalue weighted by molar-refractivity contribution is 5.29. The average Bonchev–Trinajstić information content (AvgIpc) is 2.35. The van der Waals surface area contributed by atoms with Crippen molar-refractivity contribution in [1.29, 1.82) is 0 Å². The van der Waals surface area contributed by atoms with E-state index in [-0.39, 0.29) is 6.04 Å². The minimum absolute atomic E-state index is 0.0840. The standard InChI is InChI=1S/C16H26N2O/c1-3-19-15-9-7-14(8-10-15)16(17)12-18(2)11-13-5-4-6-13/h7-10,13,16H,3-6,11-12,17H2,1-2H3. The number of nitrogens with zero attached hydrogens (tertiary/aromatic N) is 1. The van der Waals surface area contributed by atoms with Gasteiger partial charge in [0.1, 0.15) is 5.75 Å². The van der Waals surface area contributed by atoms with Crippen LogP contribution in [0.1, 0.15) is 37.8 Å². The van der Waals surface area contributed by atoms with Crippen molar-refractivity contribution >= 4 is 0 Å². The monoisotopic (exact) mass is 262 g/mol. The van der Waals surface area contributed by atoms with E-state index in [2.05, 4.69) is 24.1 Å². The SMILES string of the molecule is CCOc1ccc(C(N)CN(C)CC2CCC2)cc1. The Labute approximate surface area is 116 Å². The summed E-state index contributed by atoms with van der Waals surface area (Å²) in [6.07, 6.45) is 4.19. The van der Waals surface area contributed by atoms with E-state index in [1.165, 1.54) is 31.4 Å². The molecule has 1 atom stereocenters. The molecule has 0 amide bonds. The molecule has 1 aliphatic rings. The molecule has 0 aromatic heterocycles. The summed E-state index contributed by atoms with van der Waals surface area (Å²) in [6, 6.07) is 8.25. The van der Waals surface area contributed by atoms with Crippen molar-refractivity contribution in [2.45, 2.75) is 32.2 Å². The topological polar surface area (TPSA) is 38.5 Å². The fraction of sp³-hybridized carbons (Fsp3) is 0.625. The Morgan fingerprint density at radius 2 is 2.00 bits per heavy atom. The van der Waals surface area contributed by atoms with Crippen molar-refractivity contribution in [3.8, 4) is 5.75 Å². The maximum Gasteiger partial charge on any atom is 0.119 e. The zero-order valence-corrected chi connectivity index (χ0v) is 12.1. The molecule has 1 aliphatic carbocycles. The van der Waals surface area contributed by atoms with E-state index in [0.29, 0.717) is 6.61 Å². The van der Waals surface area contributed by atoms with E-state index < -0.39 is 0 Å². The number of likely N-dealkylation sites (N-methyl/N-ethyl adjacent to an activating group) is 1. The Morgan fingerprint density at radius 3 is 2.53 bits per heavy atom. The van der Waals surface area contributed by atoms with E-state index in [1.807, 2.05) is 19.1 Å². The summed E-state index contributed by atoms with van der Waals surface area (Å²) in [7, 11) is 2.17. The van der Waals surface area contributed by atoms with Crippen molar-refractivity contribution in [3.05, 3.63) is 29.8 Å². The number of ether oxygens (including phenoxy) is 1. The van der Waals surface area contributed by atoms with Crippen LogP contribution in [0.2, 0.25) is 0 Å². The molecule has 0 radical (unpaired) electrons. The van der Waals surface area contributed by atoms with Gasteiger partial charge in [0.2, 0.25) is 0 Å². The molecule has 0 bridgehead atoms. The van der Waals surface area contributed by atoms with E-state index in [0.717, 1.165) is 18.2 Å². The lowest BCUT2D eigenvalue weighted by atomic mass is 9.85. The molecule has 1 aromatic carbocycles. The Kier molecular flexibility index (Phi) is 5.23. The van der Waals surface area contributed by atoms with E-state index in [1.54, 1.807) is 0 Å². The van der Waals surface area contributed by atoms with E-state index >= 15 is 0 Å². The van der Waals surface area contributed by atoms with Gasteiger partial charge in [0.15, 0.2) is 0 Å². The third-order valence-corrected chi connectivity index (χ3v) is 3.92. The quantitative estimate of drug-likeness (QED) is 0.821. The summed E-state index contributed by atoms with van der Waals surface area (Å²) in [5, 5.41) is 0. The van der Waals surface area contributed by atoms with Crippen LogP contribution < -0.4 is 10.5 Å². The highest BCUT2D eigenvalue weighted by Crippen LogP contribution is 2.27. The lowest BCUT2D eigenvalue weighted by molar-refractivity contribution is 0.198. The second kappa shape index (κ2) is 6.92. The Bertz CT molecular complexity index is 373. The third-order valence-electron chi connectivity index (χ3n) is 3.92. The normalized spacial score (nSPS) is 17.3. The minimum Gasteiger partial charge on any atom is -0.494 e. The number of benzene rings is 1. The lowest BCUT2D eigenvalue weighted by Gasteiger charge is -2.31. The second-order valence-corrected chi connectivity index (χ2v) is 5.63. The van der Waals surface area contributed by atoms with Gasteiger partial charge in [-0.15, -0.1) is 0 Å². The number of nitrogens with two attached hydrogens (primary N) is 1. The van der Waals surface area contributed by atoms with Crippen LogP contribution >= 0.6 is 0 Å². The fourth-order valence-electron chi connectivity index (χ4n) is 2.61. The Morgan fingerprint density at radius 1 is 1.32 bits per heavy atom. The molecule has 0 saturated heterocycles. The summed E-state index contributed by atoms with van der Waals surface area (Å²) in [5.74, 6) is 1.82. The van der Waals surface area contributed by atoms with Crippen LogP contribution in [-0.4, -0.2) is 31.6 Å². The average molecular weight is 262 g/mol. The van der Waals surface area contributed by atoms with Gasteiger partial charge in [-0.05, 0) is 50.4 Å². The molecular formula is C16H26N2O. The molecule has 19 heavy (non-hydrogen) atoms. The fourth-order valence-corrected chi connectivity index (χ4v) is 2.61. The zero-order chi connectivity index (χ0) is 13.7. The molecule has 3 nitrogen and oxygen atoms in total. The first-order valence-corrected chi connectivity index (χ1v) is 7.36. The van der Waals surface area contributed by atoms with Gasteiger partial charge in [-0.25, -0.2) is 0 Å². The lowest BCUT2D eigenvalue weighted by Crippen LogP contribution is -2.34. The predicted octanol–water partition coefficient (Wildman–Crippen LogP) is 2.82. The summed E-state index contributed by atoms with van der Waals surface area (Å²) in [4.78, 5) is 2.37. The van der Waals surface area contributed by atoms with Crippen molar-refractivity contribution in [2.75, 3.05) is 26.7 Å². The first-order valence-electron chi connectivity index (χ1n) is 7.36. The Balaban J connectivity index is 1.82. The summed E-state index contributed by atoms with van der Waals surface area (Å²) < 4.78 is 5.45. The van der Waals surface area contributed by atoms with Crippen LogP contribution in [0.15, 0.2) is 24.3 Å². The molecule has 0 heterocycles. The Hall–Kier alpha value is -1.06. The first kappa shape index (κ1) is 14.4. The van der Waals surface area contributed by atoms with Gasteiger partial charge in [0.05, 0.1) is 6.61 Å². The molecule has 1 unspecified atom stereocenters. The van der Waals surface area contributed by atoms with Crippen LogP contribution in [0, 0.1) is 5.92 Å². The molecule has 0 spiro atoms. The molecular weight excluding hydrogens is 236 g/mol. The summed E-state index contributed by atoms with van der Waals surface area (Å²) in [5.41, 5.74) is 7.46. The van der Waals surface area contributed by atoms with Crippen LogP contribution in [0.25, 0.3) is 0 Å². The first-order chi connectivity index (χ1) is 9.19. The predicted molar refractivity (Wildman–Crippen MR) is 79.4 cm³/mol. The largest absolute Gasteiger partial charge is 0.494 e. The molecule has 1 fully saturated rings. The molecule has 1 aromatic rings. The van der Waals surface area contributed by atoms with Crippen LogP contribution in [0.5, 0.6) is 5.75 Å². The molecule has 3 heteroatoms. The molecule has 2 N–H and O–H groups in total. The van der Waals surface area contributed by atoms with Gasteiger partial charge >= 0.3 is 0 Å². The van der Waals surface area contributed by atoms with Gasteiger partial charge in [-0.3, -0.25) is 0 Å². The number of hydrogen-bond acceptors (Lipinski definition) is 3. The van der Waals surface area contributed by atoms with Gasteiger partial charge in [-0.1, -0.05) is 18.6 Å². The molecule has 2 rings (SSSR count). The smallest absolute Gasteiger partial charge is 0.119 e. The van der Waals surface area contributed by atoms with Gasteiger partial charge in [-0.2, -0.15) is 0 Å². The highest BCUT2D eigenvalue weighted by Gasteiger charge is 2.20. The van der Waals surface area contributed by atoms with Crippen LogP contribution in [0.3, 0.4) is 0 Å². The summed E-state index contributed by atoms with van der Waals surface area (Å²) >= 11 is 0. The van der Waals surface area contributed by atoms with Crippen molar-refractivity contribution < 1.29 is 4.74 Å². The number of rotatable bonds is 7. The van der Waals surface area contributed by atoms with E-state index in [9.17, 15) is 0 Å². The maximum atomic E-state index is 6.27. The minimum atomic E-state index is 0.0840. The zero-order valence-electron chi connectivity index (χ0n) is 12.1. The maximum absolute atomic E-state index is 6.27. The summed E-state index contributed by atoms with van der Waals surface area (Å²) in [6.45, 7) is 4.81. The van der Waals surface area contributed by atoms with Gasteiger partial charge in [0, 0.05) is 19.1 Å². The van der Waals surface area contributed by atoms with E-state index in [4.69, 9.17) is 10.5 Å². The van der Waals surface area contributed by atoms with Crippen molar-refractivity contribution in [1.82, 2.24) is 4.90 Å². The molecule has 1 saturated carbocycles. The highest BCUT2D eigenvalue weighted by atomic mass is 16.5. The molecule has 106 valence electrons. The second-order valence-electron chi connectivity index (χ2n) is 5.63. The van der Waals surface area contributed by atoms with Crippen molar-refractivity contribution in [3.63, 3.8) is 0 Å². The van der Waals surface area contributed by atoms with Crippen molar-refractivity contribution in [2.24, 2.45) is 11.7 Å². The third kappa shape index (κ3) is 4.22.